The first-order valence-corrected chi connectivity index (χ1v) is 11.8. The molecule has 0 radical (unpaired) electrons. The molecule has 0 aliphatic heterocycles. The number of hydrogen-bond donors (Lipinski definition) is 2. The Balaban J connectivity index is 2.00. The Kier molecular flexibility index (Phi) is 5.81. The summed E-state index contributed by atoms with van der Waals surface area (Å²) < 4.78 is 59.1. The number of H-pyrrole nitrogens is 1. The van der Waals surface area contributed by atoms with Crippen molar-refractivity contribution in [3.63, 3.8) is 0 Å². The lowest BCUT2D eigenvalue weighted by Gasteiger charge is -2.15. The number of aliphatic hydroxyl groups excluding tert-OH is 1. The maximum Gasteiger partial charge on any atom is 0.274 e. The molecule has 2 aromatic heterocycles. The second-order valence-corrected chi connectivity index (χ2v) is 9.64. The highest BCUT2D eigenvalue weighted by Gasteiger charge is 2.20. The number of hydrogen-bond acceptors (Lipinski definition) is 5. The number of aromatic amines is 1. The summed E-state index contributed by atoms with van der Waals surface area (Å²) in [5.41, 5.74) is 1.31. The average molecular weight is 474 g/mol. The summed E-state index contributed by atoms with van der Waals surface area (Å²) in [4.78, 5) is 15.7. The summed E-state index contributed by atoms with van der Waals surface area (Å²) in [6, 6.07) is 8.63. The Hall–Kier alpha value is -3.50. The van der Waals surface area contributed by atoms with Gasteiger partial charge in [-0.25, -0.2) is 17.2 Å². The highest BCUT2D eigenvalue weighted by Crippen LogP contribution is 2.39. The van der Waals surface area contributed by atoms with Gasteiger partial charge in [0.05, 0.1) is 4.90 Å². The van der Waals surface area contributed by atoms with E-state index in [2.05, 4.69) is 4.98 Å². The van der Waals surface area contributed by atoms with Crippen LogP contribution >= 0.6 is 0 Å². The van der Waals surface area contributed by atoms with Gasteiger partial charge in [-0.05, 0) is 36.4 Å². The van der Waals surface area contributed by atoms with Crippen LogP contribution in [-0.2, 0) is 23.3 Å². The van der Waals surface area contributed by atoms with Gasteiger partial charge < -0.3 is 19.4 Å². The Morgan fingerprint density at radius 2 is 1.79 bits per heavy atom. The zero-order chi connectivity index (χ0) is 23.9. The average Bonchev–Trinajstić information content (AvgIpc) is 3.17. The van der Waals surface area contributed by atoms with Gasteiger partial charge in [0.25, 0.3) is 5.56 Å². The minimum atomic E-state index is -3.60. The van der Waals surface area contributed by atoms with Crippen molar-refractivity contribution < 1.29 is 27.0 Å². The first-order valence-electron chi connectivity index (χ1n) is 9.88. The van der Waals surface area contributed by atoms with Crippen molar-refractivity contribution in [2.45, 2.75) is 11.3 Å². The number of rotatable bonds is 6. The molecular weight excluding hydrogens is 454 g/mol. The Morgan fingerprint density at radius 3 is 2.45 bits per heavy atom. The number of nitrogens with one attached hydrogen (secondary N) is 1. The van der Waals surface area contributed by atoms with E-state index < -0.39 is 21.5 Å². The Bertz CT molecular complexity index is 1540. The fourth-order valence-corrected chi connectivity index (χ4v) is 4.22. The molecule has 33 heavy (non-hydrogen) atoms. The van der Waals surface area contributed by atoms with Crippen molar-refractivity contribution in [3.8, 4) is 22.6 Å². The molecule has 0 aliphatic carbocycles. The third kappa shape index (κ3) is 4.39. The summed E-state index contributed by atoms with van der Waals surface area (Å²) in [6.07, 6.45) is 2.86. The highest BCUT2D eigenvalue weighted by atomic mass is 32.2. The predicted molar refractivity (Wildman–Crippen MR) is 119 cm³/mol. The summed E-state index contributed by atoms with van der Waals surface area (Å²) >= 11 is 0. The van der Waals surface area contributed by atoms with E-state index in [1.165, 1.54) is 29.0 Å². The van der Waals surface area contributed by atoms with E-state index in [0.717, 1.165) is 18.4 Å². The molecule has 4 aromatic rings. The number of aliphatic hydroxyl groups is 1. The molecule has 2 heterocycles. The van der Waals surface area contributed by atoms with E-state index in [1.54, 1.807) is 13.1 Å². The van der Waals surface area contributed by atoms with Crippen molar-refractivity contribution in [2.75, 3.05) is 12.9 Å². The lowest BCUT2D eigenvalue weighted by Crippen LogP contribution is -2.16. The van der Waals surface area contributed by atoms with Gasteiger partial charge in [0, 0.05) is 60.8 Å². The number of aryl methyl sites for hydroxylation is 1. The standard InChI is InChI=1S/C23H20F2N2O5S/c1-27-12-18(17-10-14(7-8-28)26-22(17)23(27)29)16-11-15(33(2,30)31)4-6-20(16)32-21-5-3-13(24)9-19(21)25/h3-6,9-12,26,28H,7-8H2,1-2H3. The minimum absolute atomic E-state index is 0.00227. The number of ether oxygens (including phenoxy) is 1. The fraction of sp³-hybridized carbons (Fsp3) is 0.174. The third-order valence-electron chi connectivity index (χ3n) is 5.18. The highest BCUT2D eigenvalue weighted by molar-refractivity contribution is 7.90. The second kappa shape index (κ2) is 8.45. The summed E-state index contributed by atoms with van der Waals surface area (Å²) in [6.45, 7) is -0.135. The summed E-state index contributed by atoms with van der Waals surface area (Å²) in [7, 11) is -2.06. The van der Waals surface area contributed by atoms with Crippen LogP contribution in [0.15, 0.2) is 58.4 Å². The van der Waals surface area contributed by atoms with Gasteiger partial charge in [0.2, 0.25) is 0 Å². The summed E-state index contributed by atoms with van der Waals surface area (Å²) in [5.74, 6) is -1.83. The van der Waals surface area contributed by atoms with E-state index >= 15 is 0 Å². The number of sulfone groups is 1. The number of pyridine rings is 1. The van der Waals surface area contributed by atoms with Crippen molar-refractivity contribution in [1.82, 2.24) is 9.55 Å². The molecule has 0 atom stereocenters. The molecule has 0 aliphatic rings. The van der Waals surface area contributed by atoms with Gasteiger partial charge in [0.15, 0.2) is 21.4 Å². The first kappa shape index (κ1) is 22.7. The van der Waals surface area contributed by atoms with Crippen molar-refractivity contribution in [2.24, 2.45) is 7.05 Å². The fourth-order valence-electron chi connectivity index (χ4n) is 3.58. The monoisotopic (exact) mass is 474 g/mol. The van der Waals surface area contributed by atoms with Crippen LogP contribution in [0.3, 0.4) is 0 Å². The minimum Gasteiger partial charge on any atom is -0.454 e. The lowest BCUT2D eigenvalue weighted by molar-refractivity contribution is 0.298. The van der Waals surface area contributed by atoms with Crippen LogP contribution in [0.4, 0.5) is 8.78 Å². The van der Waals surface area contributed by atoms with Gasteiger partial charge >= 0.3 is 0 Å². The maximum atomic E-state index is 14.3. The molecule has 0 saturated carbocycles. The van der Waals surface area contributed by atoms with E-state index in [0.29, 0.717) is 22.7 Å². The van der Waals surface area contributed by atoms with Crippen LogP contribution in [0.1, 0.15) is 5.69 Å². The van der Waals surface area contributed by atoms with Gasteiger partial charge in [-0.15, -0.1) is 0 Å². The van der Waals surface area contributed by atoms with Crippen LogP contribution in [0, 0.1) is 11.6 Å². The van der Waals surface area contributed by atoms with Gasteiger partial charge in [-0.3, -0.25) is 4.79 Å². The molecule has 10 heteroatoms. The van der Waals surface area contributed by atoms with Crippen LogP contribution in [0.5, 0.6) is 11.5 Å². The third-order valence-corrected chi connectivity index (χ3v) is 6.30. The largest absolute Gasteiger partial charge is 0.454 e. The molecule has 2 N–H and O–H groups in total. The molecule has 0 bridgehead atoms. The van der Waals surface area contributed by atoms with Gasteiger partial charge in [-0.2, -0.15) is 0 Å². The number of aromatic nitrogens is 2. The predicted octanol–water partition coefficient (Wildman–Crippen LogP) is 3.54. The molecular formula is C23H20F2N2O5S. The van der Waals surface area contributed by atoms with E-state index in [4.69, 9.17) is 4.74 Å². The van der Waals surface area contributed by atoms with Crippen LogP contribution in [0.25, 0.3) is 22.0 Å². The molecule has 0 fully saturated rings. The molecule has 2 aromatic carbocycles. The lowest BCUT2D eigenvalue weighted by atomic mass is 10.0. The van der Waals surface area contributed by atoms with Crippen LogP contribution in [0.2, 0.25) is 0 Å². The smallest absolute Gasteiger partial charge is 0.274 e. The molecule has 172 valence electrons. The van der Waals surface area contributed by atoms with Crippen molar-refractivity contribution in [3.05, 3.63) is 76.3 Å². The topological polar surface area (TPSA) is 101 Å². The number of fused-ring (bicyclic) bond motifs is 1. The van der Waals surface area contributed by atoms with Gasteiger partial charge in [0.1, 0.15) is 17.1 Å². The second-order valence-electron chi connectivity index (χ2n) is 7.62. The van der Waals surface area contributed by atoms with Crippen molar-refractivity contribution in [1.29, 1.82) is 0 Å². The molecule has 0 spiro atoms. The first-order chi connectivity index (χ1) is 15.6. The number of nitrogens with zero attached hydrogens (tertiary/aromatic N) is 1. The van der Waals surface area contributed by atoms with E-state index in [-0.39, 0.29) is 46.1 Å². The SMILES string of the molecule is Cn1cc(-c2cc(S(C)(=O)=O)ccc2Oc2ccc(F)cc2F)c2cc(CCO)[nH]c2c1=O. The molecule has 0 amide bonds. The molecule has 7 nitrogen and oxygen atoms in total. The number of benzene rings is 2. The Labute approximate surface area is 187 Å². The maximum absolute atomic E-state index is 14.3. The molecule has 0 saturated heterocycles. The molecule has 4 rings (SSSR count). The number of halogens is 2. The van der Waals surface area contributed by atoms with Crippen LogP contribution in [-0.4, -0.2) is 35.9 Å². The van der Waals surface area contributed by atoms with Gasteiger partial charge in [-0.1, -0.05) is 0 Å². The normalized spacial score (nSPS) is 11.8. The Morgan fingerprint density at radius 1 is 1.06 bits per heavy atom. The van der Waals surface area contributed by atoms with Crippen molar-refractivity contribution >= 4 is 20.7 Å². The molecule has 0 unspecified atom stereocenters. The zero-order valence-corrected chi connectivity index (χ0v) is 18.5. The van der Waals surface area contributed by atoms with Crippen LogP contribution < -0.4 is 10.3 Å². The zero-order valence-electron chi connectivity index (χ0n) is 17.7. The van der Waals surface area contributed by atoms with E-state index in [9.17, 15) is 27.1 Å². The summed E-state index contributed by atoms with van der Waals surface area (Å²) in [5, 5.41) is 9.77. The quantitative estimate of drug-likeness (QED) is 0.445. The van der Waals surface area contributed by atoms with E-state index in [1.807, 2.05) is 0 Å².